The Balaban J connectivity index is 1.58. The smallest absolute Gasteiger partial charge is 0.302 e. The molecule has 8 nitrogen and oxygen atoms in total. The van der Waals surface area contributed by atoms with E-state index in [0.717, 1.165) is 34.2 Å². The van der Waals surface area contributed by atoms with Crippen LogP contribution >= 0.6 is 0 Å². The van der Waals surface area contributed by atoms with Crippen LogP contribution in [0.2, 0.25) is 0 Å². The number of fused-ring (bicyclic) bond motifs is 3. The van der Waals surface area contributed by atoms with Gasteiger partial charge in [0.1, 0.15) is 24.5 Å². The maximum absolute atomic E-state index is 10.8. The molecule has 0 radical (unpaired) electrons. The maximum atomic E-state index is 10.8. The fourth-order valence-electron chi connectivity index (χ4n) is 3.88. The summed E-state index contributed by atoms with van der Waals surface area (Å²) in [5.41, 5.74) is 9.86. The third-order valence-electron chi connectivity index (χ3n) is 5.40. The van der Waals surface area contributed by atoms with Crippen LogP contribution in [-0.4, -0.2) is 46.9 Å². The number of rotatable bonds is 10. The number of imidazole rings is 1. The molecule has 0 saturated carbocycles. The van der Waals surface area contributed by atoms with E-state index >= 15 is 0 Å². The zero-order valence-electron chi connectivity index (χ0n) is 18.9. The summed E-state index contributed by atoms with van der Waals surface area (Å²) < 4.78 is 18.5. The maximum Gasteiger partial charge on any atom is 0.302 e. The Morgan fingerprint density at radius 2 is 1.91 bits per heavy atom. The van der Waals surface area contributed by atoms with Gasteiger partial charge in [0.15, 0.2) is 5.82 Å². The van der Waals surface area contributed by atoms with Crippen molar-refractivity contribution in [2.24, 2.45) is 0 Å². The number of ether oxygens (including phenoxy) is 3. The molecule has 0 spiro atoms. The summed E-state index contributed by atoms with van der Waals surface area (Å²) in [4.78, 5) is 19.9. The van der Waals surface area contributed by atoms with E-state index in [9.17, 15) is 4.79 Å². The number of nitrogens with two attached hydrogens (primary N) is 1. The third kappa shape index (κ3) is 5.23. The predicted octanol–water partition coefficient (Wildman–Crippen LogP) is 3.93. The van der Waals surface area contributed by atoms with Crippen LogP contribution in [-0.2, 0) is 20.7 Å². The number of pyridine rings is 1. The number of carbonyl (C=O) groups excluding carboxylic acids is 1. The van der Waals surface area contributed by atoms with Crippen molar-refractivity contribution in [3.05, 3.63) is 60.4 Å². The minimum Gasteiger partial charge on any atom is -0.490 e. The van der Waals surface area contributed by atoms with Crippen molar-refractivity contribution in [1.29, 1.82) is 0 Å². The van der Waals surface area contributed by atoms with E-state index in [1.807, 2.05) is 61.8 Å². The lowest BCUT2D eigenvalue weighted by molar-refractivity contribution is -0.141. The van der Waals surface area contributed by atoms with Crippen molar-refractivity contribution in [2.45, 2.75) is 26.3 Å². The van der Waals surface area contributed by atoms with Gasteiger partial charge in [-0.1, -0.05) is 30.3 Å². The molecule has 33 heavy (non-hydrogen) atoms. The van der Waals surface area contributed by atoms with Gasteiger partial charge in [-0.25, -0.2) is 9.97 Å². The Morgan fingerprint density at radius 3 is 2.67 bits per heavy atom. The molecule has 172 valence electrons. The van der Waals surface area contributed by atoms with E-state index < -0.39 is 0 Å². The molecule has 8 heteroatoms. The molecule has 0 bridgehead atoms. The highest BCUT2D eigenvalue weighted by Crippen LogP contribution is 2.30. The molecule has 0 amide bonds. The summed E-state index contributed by atoms with van der Waals surface area (Å²) in [6, 6.07) is 15.9. The van der Waals surface area contributed by atoms with Crippen LogP contribution in [0.5, 0.6) is 5.75 Å². The lowest BCUT2D eigenvalue weighted by atomic mass is 10.1. The van der Waals surface area contributed by atoms with Crippen LogP contribution < -0.4 is 10.5 Å². The van der Waals surface area contributed by atoms with Crippen molar-refractivity contribution < 1.29 is 19.0 Å². The first-order chi connectivity index (χ1) is 16.1. The largest absolute Gasteiger partial charge is 0.490 e. The molecular weight excluding hydrogens is 420 g/mol. The van der Waals surface area contributed by atoms with Gasteiger partial charge in [-0.3, -0.25) is 4.79 Å². The highest BCUT2D eigenvalue weighted by Gasteiger charge is 2.19. The number of hydrogen-bond acceptors (Lipinski definition) is 7. The Labute approximate surface area is 192 Å². The fraction of sp³-hybridized carbons (Fsp3) is 0.320. The second-order valence-electron chi connectivity index (χ2n) is 7.71. The van der Waals surface area contributed by atoms with Gasteiger partial charge in [-0.15, -0.1) is 0 Å². The van der Waals surface area contributed by atoms with Gasteiger partial charge in [0.2, 0.25) is 0 Å². The molecule has 2 heterocycles. The molecule has 1 atom stereocenters. The summed E-state index contributed by atoms with van der Waals surface area (Å²) in [5.74, 6) is 0.838. The summed E-state index contributed by atoms with van der Waals surface area (Å²) in [7, 11) is 0. The number of esters is 1. The Bertz CT molecular complexity index is 1240. The first-order valence-corrected chi connectivity index (χ1v) is 11.0. The van der Waals surface area contributed by atoms with Crippen molar-refractivity contribution in [1.82, 2.24) is 14.5 Å². The second kappa shape index (κ2) is 10.3. The summed E-state index contributed by atoms with van der Waals surface area (Å²) >= 11 is 0. The van der Waals surface area contributed by atoms with Gasteiger partial charge in [-0.05, 0) is 37.1 Å². The van der Waals surface area contributed by atoms with Crippen LogP contribution in [0.1, 0.15) is 25.5 Å². The number of anilines is 1. The lowest BCUT2D eigenvalue weighted by Gasteiger charge is -2.20. The van der Waals surface area contributed by atoms with Gasteiger partial charge in [0.05, 0.1) is 30.0 Å². The molecular formula is C25H28N4O4. The van der Waals surface area contributed by atoms with Gasteiger partial charge in [-0.2, -0.15) is 0 Å². The molecule has 0 aliphatic rings. The SMILES string of the molecule is CCOC[C@H](Cc1ccc(OCCOC(C)=O)cc1)n1cnc2c(N)nc3ccccc3c21. The average Bonchev–Trinajstić information content (AvgIpc) is 3.26. The van der Waals surface area contributed by atoms with Crippen molar-refractivity contribution in [3.63, 3.8) is 0 Å². The van der Waals surface area contributed by atoms with E-state index in [2.05, 4.69) is 14.5 Å². The molecule has 4 rings (SSSR count). The molecule has 2 aromatic carbocycles. The molecule has 0 saturated heterocycles. The lowest BCUT2D eigenvalue weighted by Crippen LogP contribution is -2.18. The van der Waals surface area contributed by atoms with Crippen molar-refractivity contribution in [3.8, 4) is 5.75 Å². The van der Waals surface area contributed by atoms with Crippen molar-refractivity contribution in [2.75, 3.05) is 32.2 Å². The highest BCUT2D eigenvalue weighted by molar-refractivity contribution is 6.06. The number of hydrogen-bond donors (Lipinski definition) is 1. The number of benzene rings is 2. The summed E-state index contributed by atoms with van der Waals surface area (Å²) in [5, 5.41) is 1.01. The monoisotopic (exact) mass is 448 g/mol. The van der Waals surface area contributed by atoms with Crippen molar-refractivity contribution >= 4 is 33.7 Å². The molecule has 0 aliphatic heterocycles. The third-order valence-corrected chi connectivity index (χ3v) is 5.40. The van der Waals surface area contributed by atoms with E-state index in [0.29, 0.717) is 31.2 Å². The zero-order valence-corrected chi connectivity index (χ0v) is 18.9. The average molecular weight is 449 g/mol. The summed E-state index contributed by atoms with van der Waals surface area (Å²) in [6.07, 6.45) is 2.57. The molecule has 4 aromatic rings. The molecule has 2 aromatic heterocycles. The number of nitrogen functional groups attached to an aromatic ring is 1. The van der Waals surface area contributed by atoms with Crippen LogP contribution in [0.3, 0.4) is 0 Å². The van der Waals surface area contributed by atoms with Crippen LogP contribution in [0.4, 0.5) is 5.82 Å². The topological polar surface area (TPSA) is 101 Å². The Morgan fingerprint density at radius 1 is 1.12 bits per heavy atom. The highest BCUT2D eigenvalue weighted by atomic mass is 16.6. The van der Waals surface area contributed by atoms with Gasteiger partial charge in [0, 0.05) is 18.9 Å². The zero-order chi connectivity index (χ0) is 23.2. The predicted molar refractivity (Wildman–Crippen MR) is 127 cm³/mol. The number of para-hydroxylation sites is 1. The van der Waals surface area contributed by atoms with Crippen LogP contribution in [0, 0.1) is 0 Å². The van der Waals surface area contributed by atoms with E-state index in [1.54, 1.807) is 0 Å². The van der Waals surface area contributed by atoms with Crippen LogP contribution in [0.15, 0.2) is 54.9 Å². The fourth-order valence-corrected chi connectivity index (χ4v) is 3.88. The molecule has 0 fully saturated rings. The van der Waals surface area contributed by atoms with Gasteiger partial charge >= 0.3 is 5.97 Å². The standard InChI is InChI=1S/C25H28N4O4/c1-3-31-15-19(14-18-8-10-20(11-9-18)33-13-12-32-17(2)30)29-16-27-23-24(29)21-6-4-5-7-22(21)28-25(23)26/h4-11,16,19H,3,12-15H2,1-2H3,(H2,26,28)/t19-/m0/s1. The second-order valence-corrected chi connectivity index (χ2v) is 7.71. The van der Waals surface area contributed by atoms with E-state index in [4.69, 9.17) is 19.9 Å². The number of nitrogens with zero attached hydrogens (tertiary/aromatic N) is 3. The van der Waals surface area contributed by atoms with E-state index in [1.165, 1.54) is 6.92 Å². The molecule has 0 unspecified atom stereocenters. The first-order valence-electron chi connectivity index (χ1n) is 11.0. The number of aromatic nitrogens is 3. The minimum atomic E-state index is -0.313. The molecule has 2 N–H and O–H groups in total. The first kappa shape index (κ1) is 22.5. The number of carbonyl (C=O) groups is 1. The van der Waals surface area contributed by atoms with Crippen LogP contribution in [0.25, 0.3) is 21.9 Å². The quantitative estimate of drug-likeness (QED) is 0.290. The Hall–Kier alpha value is -3.65. The minimum absolute atomic E-state index is 0.0240. The van der Waals surface area contributed by atoms with Gasteiger partial charge in [0.25, 0.3) is 0 Å². The Kier molecular flexibility index (Phi) is 7.04. The van der Waals surface area contributed by atoms with E-state index in [-0.39, 0.29) is 18.6 Å². The van der Waals surface area contributed by atoms with Gasteiger partial charge < -0.3 is 24.5 Å². The summed E-state index contributed by atoms with van der Waals surface area (Å²) in [6.45, 7) is 5.08. The molecule has 0 aliphatic carbocycles. The normalized spacial score (nSPS) is 12.2.